The number of rotatable bonds is 0. The second-order valence-corrected chi connectivity index (χ2v) is 10.7. The van der Waals surface area contributed by atoms with Crippen molar-refractivity contribution in [3.8, 4) is 0 Å². The monoisotopic (exact) mass is 272 g/mol. The third kappa shape index (κ3) is 1.16. The molecule has 6 aliphatic rings. The molecule has 0 heteroatoms. The van der Waals surface area contributed by atoms with E-state index in [2.05, 4.69) is 27.7 Å². The highest BCUT2D eigenvalue weighted by atomic mass is 14.8. The van der Waals surface area contributed by atoms with Crippen LogP contribution in [0.25, 0.3) is 0 Å². The first-order chi connectivity index (χ1) is 9.32. The molecule has 0 amide bonds. The van der Waals surface area contributed by atoms with E-state index >= 15 is 0 Å². The molecule has 2 unspecified atom stereocenters. The van der Waals surface area contributed by atoms with Gasteiger partial charge in [0.1, 0.15) is 0 Å². The van der Waals surface area contributed by atoms with Crippen LogP contribution in [0.3, 0.4) is 0 Å². The van der Waals surface area contributed by atoms with Gasteiger partial charge in [0.2, 0.25) is 0 Å². The van der Waals surface area contributed by atoms with E-state index < -0.39 is 0 Å². The molecule has 0 radical (unpaired) electrons. The summed E-state index contributed by atoms with van der Waals surface area (Å²) in [5, 5.41) is 0. The normalized spacial score (nSPS) is 65.4. The molecule has 6 aliphatic carbocycles. The fraction of sp³-hybridized carbons (Fsp3) is 1.00. The largest absolute Gasteiger partial charge is 0.0596 e. The Bertz CT molecular complexity index is 476. The van der Waals surface area contributed by atoms with Crippen molar-refractivity contribution >= 4 is 0 Å². The lowest BCUT2D eigenvalue weighted by atomic mass is 9.40. The maximum atomic E-state index is 2.72. The second kappa shape index (κ2) is 3.18. The van der Waals surface area contributed by atoms with Gasteiger partial charge in [0, 0.05) is 0 Å². The summed E-state index contributed by atoms with van der Waals surface area (Å²) < 4.78 is 0. The molecule has 7 atom stereocenters. The second-order valence-electron chi connectivity index (χ2n) is 10.7. The lowest BCUT2D eigenvalue weighted by Gasteiger charge is -2.65. The highest BCUT2D eigenvalue weighted by Crippen LogP contribution is 2.85. The Morgan fingerprint density at radius 3 is 2.30 bits per heavy atom. The summed E-state index contributed by atoms with van der Waals surface area (Å²) in [6, 6.07) is 0. The fourth-order valence-corrected chi connectivity index (χ4v) is 8.94. The Hall–Kier alpha value is 0. The zero-order valence-corrected chi connectivity index (χ0v) is 14.0. The van der Waals surface area contributed by atoms with Crippen molar-refractivity contribution in [3.05, 3.63) is 0 Å². The van der Waals surface area contributed by atoms with Gasteiger partial charge in [-0.05, 0) is 90.3 Å². The van der Waals surface area contributed by atoms with Crippen LogP contribution < -0.4 is 0 Å². The molecular formula is C20H32. The van der Waals surface area contributed by atoms with Gasteiger partial charge in [-0.3, -0.25) is 0 Å². The van der Waals surface area contributed by atoms with Gasteiger partial charge in [-0.15, -0.1) is 0 Å². The van der Waals surface area contributed by atoms with Crippen molar-refractivity contribution in [3.63, 3.8) is 0 Å². The highest BCUT2D eigenvalue weighted by molar-refractivity contribution is 5.26. The zero-order chi connectivity index (χ0) is 14.0. The number of hydrogen-bond donors (Lipinski definition) is 0. The summed E-state index contributed by atoms with van der Waals surface area (Å²) in [5.41, 5.74) is 2.91. The number of fused-ring (bicyclic) bond motifs is 1. The molecule has 0 aromatic heterocycles. The van der Waals surface area contributed by atoms with Crippen LogP contribution in [0.15, 0.2) is 0 Å². The predicted molar refractivity (Wildman–Crippen MR) is 83.3 cm³/mol. The van der Waals surface area contributed by atoms with Crippen molar-refractivity contribution in [1.29, 1.82) is 0 Å². The quantitative estimate of drug-likeness (QED) is 0.533. The molecule has 0 aromatic carbocycles. The third-order valence-electron chi connectivity index (χ3n) is 9.66. The van der Waals surface area contributed by atoms with Crippen LogP contribution in [0, 0.1) is 45.3 Å². The molecule has 1 spiro atoms. The molecule has 0 nitrogen and oxygen atoms in total. The minimum atomic E-state index is 0.613. The van der Waals surface area contributed by atoms with Gasteiger partial charge in [-0.1, -0.05) is 34.1 Å². The van der Waals surface area contributed by atoms with Gasteiger partial charge in [0.05, 0.1) is 0 Å². The van der Waals surface area contributed by atoms with Crippen LogP contribution >= 0.6 is 0 Å². The van der Waals surface area contributed by atoms with Crippen LogP contribution in [0.4, 0.5) is 0 Å². The first-order valence-electron chi connectivity index (χ1n) is 9.32. The predicted octanol–water partition coefficient (Wildman–Crippen LogP) is 5.67. The highest BCUT2D eigenvalue weighted by Gasteiger charge is 2.78. The molecule has 4 bridgehead atoms. The molecule has 0 N–H and O–H groups in total. The maximum absolute atomic E-state index is 2.72. The molecular weight excluding hydrogens is 240 g/mol. The van der Waals surface area contributed by atoms with Gasteiger partial charge in [-0.25, -0.2) is 0 Å². The topological polar surface area (TPSA) is 0 Å². The van der Waals surface area contributed by atoms with Crippen molar-refractivity contribution in [2.24, 2.45) is 45.3 Å². The first-order valence-corrected chi connectivity index (χ1v) is 9.32. The van der Waals surface area contributed by atoms with Gasteiger partial charge < -0.3 is 0 Å². The zero-order valence-electron chi connectivity index (χ0n) is 14.0. The summed E-state index contributed by atoms with van der Waals surface area (Å²) in [6.07, 6.45) is 12.5. The van der Waals surface area contributed by atoms with Crippen molar-refractivity contribution < 1.29 is 0 Å². The van der Waals surface area contributed by atoms with E-state index in [1.54, 1.807) is 38.5 Å². The minimum Gasteiger partial charge on any atom is -0.0596 e. The van der Waals surface area contributed by atoms with E-state index in [0.717, 1.165) is 34.5 Å². The van der Waals surface area contributed by atoms with Crippen LogP contribution in [0.5, 0.6) is 0 Å². The maximum Gasteiger partial charge on any atom is -0.0255 e. The summed E-state index contributed by atoms with van der Waals surface area (Å²) in [6.45, 7) is 10.5. The Morgan fingerprint density at radius 2 is 1.60 bits per heavy atom. The molecule has 20 heavy (non-hydrogen) atoms. The minimum absolute atomic E-state index is 0.613. The molecule has 0 aromatic rings. The Morgan fingerprint density at radius 1 is 0.800 bits per heavy atom. The van der Waals surface area contributed by atoms with Gasteiger partial charge in [0.25, 0.3) is 0 Å². The summed E-state index contributed by atoms with van der Waals surface area (Å²) >= 11 is 0. The summed E-state index contributed by atoms with van der Waals surface area (Å²) in [7, 11) is 0. The standard InChI is InChI=1S/C20H32/c1-17(2)7-5-8-18(3)15(17)6-9-20-11-14-13(10-16(18)20)19(14,4)12-20/h13-16H,5-12H2,1-4H3/t13-,14?,15-,16+,18-,19?,20+/m1/s1. The Balaban J connectivity index is 1.57. The fourth-order valence-electron chi connectivity index (χ4n) is 8.94. The number of hydrogen-bond acceptors (Lipinski definition) is 0. The van der Waals surface area contributed by atoms with Gasteiger partial charge >= 0.3 is 0 Å². The molecule has 0 heterocycles. The Kier molecular flexibility index (Phi) is 1.99. The van der Waals surface area contributed by atoms with E-state index in [0.29, 0.717) is 10.8 Å². The Labute approximate surface area is 125 Å². The van der Waals surface area contributed by atoms with E-state index in [4.69, 9.17) is 0 Å². The lowest BCUT2D eigenvalue weighted by molar-refractivity contribution is -0.160. The van der Waals surface area contributed by atoms with Crippen molar-refractivity contribution in [1.82, 2.24) is 0 Å². The SMILES string of the molecule is CC1(C)CCC[C@]2(C)[C@@H]1CC[C@@]13CC4[C@@H](C[C@H]12)C4(C)C3. The van der Waals surface area contributed by atoms with Crippen LogP contribution in [-0.2, 0) is 0 Å². The third-order valence-corrected chi connectivity index (χ3v) is 9.66. The van der Waals surface area contributed by atoms with Crippen LogP contribution in [0.1, 0.15) is 79.1 Å². The van der Waals surface area contributed by atoms with Crippen LogP contribution in [0.2, 0.25) is 0 Å². The molecule has 6 fully saturated rings. The molecule has 6 saturated carbocycles. The average molecular weight is 272 g/mol. The van der Waals surface area contributed by atoms with E-state index in [1.165, 1.54) is 12.8 Å². The average Bonchev–Trinajstić information content (AvgIpc) is 2.80. The van der Waals surface area contributed by atoms with E-state index in [1.807, 2.05) is 0 Å². The first kappa shape index (κ1) is 12.5. The smallest absolute Gasteiger partial charge is 0.0255 e. The van der Waals surface area contributed by atoms with Crippen molar-refractivity contribution in [2.75, 3.05) is 0 Å². The molecule has 6 rings (SSSR count). The van der Waals surface area contributed by atoms with Crippen molar-refractivity contribution in [2.45, 2.75) is 79.1 Å². The van der Waals surface area contributed by atoms with Gasteiger partial charge in [0.15, 0.2) is 0 Å². The molecule has 112 valence electrons. The van der Waals surface area contributed by atoms with E-state index in [9.17, 15) is 0 Å². The molecule has 0 aliphatic heterocycles. The van der Waals surface area contributed by atoms with Crippen LogP contribution in [-0.4, -0.2) is 0 Å². The lowest BCUT2D eigenvalue weighted by Crippen LogP contribution is -2.57. The summed E-state index contributed by atoms with van der Waals surface area (Å²) in [5.74, 6) is 4.39. The van der Waals surface area contributed by atoms with Gasteiger partial charge in [-0.2, -0.15) is 0 Å². The van der Waals surface area contributed by atoms with E-state index in [-0.39, 0.29) is 0 Å². The molecule has 0 saturated heterocycles. The summed E-state index contributed by atoms with van der Waals surface area (Å²) in [4.78, 5) is 0.